The van der Waals surface area contributed by atoms with E-state index in [1.165, 1.54) is 0 Å². The summed E-state index contributed by atoms with van der Waals surface area (Å²) in [4.78, 5) is 13.0. The van der Waals surface area contributed by atoms with Crippen LogP contribution in [-0.4, -0.2) is 42.1 Å². The average Bonchev–Trinajstić information content (AvgIpc) is 2.68. The third kappa shape index (κ3) is 3.02. The molecule has 4 rings (SSSR count). The molecule has 27 heavy (non-hydrogen) atoms. The fourth-order valence-electron chi connectivity index (χ4n) is 4.16. The smallest absolute Gasteiger partial charge is 0.161 e. The number of morpholine rings is 1. The maximum absolute atomic E-state index is 13.0. The van der Waals surface area contributed by atoms with Gasteiger partial charge in [0.05, 0.1) is 30.8 Å². The summed E-state index contributed by atoms with van der Waals surface area (Å²) in [6, 6.07) is 9.62. The van der Waals surface area contributed by atoms with E-state index in [0.717, 1.165) is 24.1 Å². The lowest BCUT2D eigenvalue weighted by molar-refractivity contribution is -0.117. The minimum Gasteiger partial charge on any atom is -0.383 e. The van der Waals surface area contributed by atoms with E-state index in [9.17, 15) is 10.1 Å². The molecule has 1 aromatic rings. The molecule has 2 N–H and O–H groups in total. The number of nitrogens with two attached hydrogens (primary N) is 1. The fourth-order valence-corrected chi connectivity index (χ4v) is 4.41. The molecular formula is C20H21ClN4O2. The topological polar surface area (TPSA) is 82.6 Å². The highest BCUT2D eigenvalue weighted by Gasteiger charge is 2.42. The lowest BCUT2D eigenvalue weighted by Crippen LogP contribution is -2.52. The lowest BCUT2D eigenvalue weighted by atomic mass is 9.76. The summed E-state index contributed by atoms with van der Waals surface area (Å²) in [7, 11) is 0. The second kappa shape index (κ2) is 7.35. The molecule has 3 aliphatic rings. The van der Waals surface area contributed by atoms with Crippen LogP contribution in [0, 0.1) is 11.3 Å². The molecule has 6 nitrogen and oxygen atoms in total. The number of ether oxygens (including phenoxy) is 1. The summed E-state index contributed by atoms with van der Waals surface area (Å²) >= 11 is 6.44. The summed E-state index contributed by atoms with van der Waals surface area (Å²) in [5, 5.41) is 14.4. The number of Topliss-reactive ketones (excluding diaryl/α,β-unsaturated/α-hetero) is 1. The number of benzene rings is 1. The maximum Gasteiger partial charge on any atom is 0.161 e. The van der Waals surface area contributed by atoms with Crippen LogP contribution in [-0.2, 0) is 9.53 Å². The van der Waals surface area contributed by atoms with Gasteiger partial charge in [-0.1, -0.05) is 29.8 Å². The quantitative estimate of drug-likeness (QED) is 0.844. The summed E-state index contributed by atoms with van der Waals surface area (Å²) in [6.07, 6.45) is 2.01. The van der Waals surface area contributed by atoms with E-state index in [0.29, 0.717) is 54.7 Å². The van der Waals surface area contributed by atoms with Gasteiger partial charge in [0.15, 0.2) is 5.78 Å². The van der Waals surface area contributed by atoms with Crippen molar-refractivity contribution in [2.75, 3.05) is 26.3 Å². The Morgan fingerprint density at radius 1 is 1.22 bits per heavy atom. The van der Waals surface area contributed by atoms with E-state index in [4.69, 9.17) is 22.1 Å². The van der Waals surface area contributed by atoms with Crippen LogP contribution >= 0.6 is 11.6 Å². The van der Waals surface area contributed by atoms with E-state index < -0.39 is 5.92 Å². The molecule has 1 fully saturated rings. The summed E-state index contributed by atoms with van der Waals surface area (Å²) in [5.41, 5.74) is 9.19. The first-order valence-electron chi connectivity index (χ1n) is 9.16. The molecule has 0 radical (unpaired) electrons. The highest BCUT2D eigenvalue weighted by atomic mass is 35.5. The van der Waals surface area contributed by atoms with Crippen molar-refractivity contribution in [3.8, 4) is 6.07 Å². The van der Waals surface area contributed by atoms with Gasteiger partial charge in [0.25, 0.3) is 0 Å². The number of carbonyl (C=O) groups excluding carboxylic acids is 1. The normalized spacial score (nSPS) is 24.1. The Balaban J connectivity index is 1.91. The van der Waals surface area contributed by atoms with Gasteiger partial charge >= 0.3 is 0 Å². The third-order valence-electron chi connectivity index (χ3n) is 5.37. The van der Waals surface area contributed by atoms with Gasteiger partial charge in [-0.25, -0.2) is 5.01 Å². The van der Waals surface area contributed by atoms with Crippen molar-refractivity contribution in [2.24, 2.45) is 5.73 Å². The Kier molecular flexibility index (Phi) is 4.92. The van der Waals surface area contributed by atoms with Gasteiger partial charge in [-0.15, -0.1) is 0 Å². The Hall–Kier alpha value is -2.33. The molecule has 0 spiro atoms. The van der Waals surface area contributed by atoms with Gasteiger partial charge in [0.2, 0.25) is 0 Å². The number of ketones is 1. The summed E-state index contributed by atoms with van der Waals surface area (Å²) in [6.45, 7) is 2.52. The van der Waals surface area contributed by atoms with Crippen LogP contribution in [0.1, 0.15) is 30.7 Å². The number of hydrogen-bond acceptors (Lipinski definition) is 6. The molecule has 1 unspecified atom stereocenters. The zero-order valence-corrected chi connectivity index (χ0v) is 15.7. The number of halogens is 1. The van der Waals surface area contributed by atoms with Gasteiger partial charge in [-0.05, 0) is 24.5 Å². The van der Waals surface area contributed by atoms with Crippen LogP contribution in [0.5, 0.6) is 0 Å². The largest absolute Gasteiger partial charge is 0.383 e. The van der Waals surface area contributed by atoms with Crippen molar-refractivity contribution < 1.29 is 9.53 Å². The van der Waals surface area contributed by atoms with Gasteiger partial charge in [0, 0.05) is 35.8 Å². The van der Waals surface area contributed by atoms with Crippen LogP contribution in [0.25, 0.3) is 0 Å². The maximum atomic E-state index is 13.0. The first-order chi connectivity index (χ1) is 13.1. The molecule has 2 aliphatic heterocycles. The highest BCUT2D eigenvalue weighted by Crippen LogP contribution is 2.46. The van der Waals surface area contributed by atoms with Gasteiger partial charge < -0.3 is 10.5 Å². The van der Waals surface area contributed by atoms with Crippen molar-refractivity contribution in [1.29, 1.82) is 5.26 Å². The fraction of sp³-hybridized carbons (Fsp3) is 0.400. The van der Waals surface area contributed by atoms with Gasteiger partial charge in [-0.3, -0.25) is 9.80 Å². The second-order valence-corrected chi connectivity index (χ2v) is 7.29. The monoisotopic (exact) mass is 384 g/mol. The van der Waals surface area contributed by atoms with Crippen LogP contribution < -0.4 is 5.73 Å². The Morgan fingerprint density at radius 2 is 1.96 bits per heavy atom. The molecule has 1 atom stereocenters. The number of hydrogen-bond donors (Lipinski definition) is 1. The van der Waals surface area contributed by atoms with Crippen LogP contribution in [0.2, 0.25) is 5.02 Å². The zero-order valence-electron chi connectivity index (χ0n) is 14.9. The van der Waals surface area contributed by atoms with E-state index >= 15 is 0 Å². The molecule has 1 aliphatic carbocycles. The molecule has 1 saturated heterocycles. The van der Waals surface area contributed by atoms with E-state index in [2.05, 4.69) is 11.1 Å². The number of nitriles is 1. The summed E-state index contributed by atoms with van der Waals surface area (Å²) < 4.78 is 5.45. The average molecular weight is 385 g/mol. The zero-order chi connectivity index (χ0) is 19.0. The van der Waals surface area contributed by atoms with Crippen LogP contribution in [0.3, 0.4) is 0 Å². The Morgan fingerprint density at radius 3 is 2.67 bits per heavy atom. The summed E-state index contributed by atoms with van der Waals surface area (Å²) in [5.74, 6) is -0.0544. The first kappa shape index (κ1) is 18.1. The van der Waals surface area contributed by atoms with E-state index in [1.54, 1.807) is 6.07 Å². The van der Waals surface area contributed by atoms with Crippen molar-refractivity contribution in [3.63, 3.8) is 0 Å². The Bertz CT molecular complexity index is 880. The molecule has 0 amide bonds. The van der Waals surface area contributed by atoms with Crippen LogP contribution in [0.15, 0.2) is 46.9 Å². The minimum absolute atomic E-state index is 0.0691. The third-order valence-corrected chi connectivity index (χ3v) is 5.72. The number of carbonyl (C=O) groups is 1. The predicted molar refractivity (Wildman–Crippen MR) is 101 cm³/mol. The van der Waals surface area contributed by atoms with Crippen molar-refractivity contribution >= 4 is 17.4 Å². The number of nitrogens with zero attached hydrogens (tertiary/aromatic N) is 3. The van der Waals surface area contributed by atoms with E-state index in [1.807, 2.05) is 23.2 Å². The number of hydrazine groups is 1. The van der Waals surface area contributed by atoms with Gasteiger partial charge in [0.1, 0.15) is 5.82 Å². The molecular weight excluding hydrogens is 364 g/mol. The first-order valence-corrected chi connectivity index (χ1v) is 9.54. The molecule has 1 aromatic carbocycles. The number of allylic oxidation sites excluding steroid dienone is 3. The SMILES string of the molecule is N#CC1=C(N)N(N2CCOCC2)C2=C(C(=O)CCC2)C1c1ccccc1Cl. The number of rotatable bonds is 2. The van der Waals surface area contributed by atoms with Gasteiger partial charge in [-0.2, -0.15) is 5.26 Å². The molecule has 7 heteroatoms. The molecule has 0 bridgehead atoms. The second-order valence-electron chi connectivity index (χ2n) is 6.88. The molecule has 0 aromatic heterocycles. The van der Waals surface area contributed by atoms with Crippen LogP contribution in [0.4, 0.5) is 0 Å². The van der Waals surface area contributed by atoms with Crippen molar-refractivity contribution in [2.45, 2.75) is 25.2 Å². The molecule has 2 heterocycles. The standard InChI is InChI=1S/C20H21ClN4O2/c21-15-5-2-1-4-13(15)18-14(12-22)20(23)25(24-8-10-27-11-9-24)16-6-3-7-17(26)19(16)18/h1-2,4-5,18H,3,6-11,23H2. The Labute approximate surface area is 163 Å². The minimum atomic E-state index is -0.510. The molecule has 0 saturated carbocycles. The molecule has 140 valence electrons. The highest BCUT2D eigenvalue weighted by molar-refractivity contribution is 6.31. The van der Waals surface area contributed by atoms with E-state index in [-0.39, 0.29) is 5.78 Å². The van der Waals surface area contributed by atoms with Crippen molar-refractivity contribution in [3.05, 3.63) is 57.5 Å². The predicted octanol–water partition coefficient (Wildman–Crippen LogP) is 2.69. The lowest BCUT2D eigenvalue weighted by Gasteiger charge is -2.45. The van der Waals surface area contributed by atoms with Crippen molar-refractivity contribution in [1.82, 2.24) is 10.0 Å².